The minimum atomic E-state index is 0.304. The summed E-state index contributed by atoms with van der Waals surface area (Å²) in [5, 5.41) is 19.2. The second-order valence-corrected chi connectivity index (χ2v) is 4.91. The van der Waals surface area contributed by atoms with E-state index in [1.165, 1.54) is 11.3 Å². The van der Waals surface area contributed by atoms with Crippen molar-refractivity contribution in [3.63, 3.8) is 0 Å². The monoisotopic (exact) mass is 282 g/mol. The summed E-state index contributed by atoms with van der Waals surface area (Å²) in [6.45, 7) is 0. The second kappa shape index (κ2) is 5.15. The fourth-order valence-electron chi connectivity index (χ4n) is 1.96. The summed E-state index contributed by atoms with van der Waals surface area (Å²) in [5.41, 5.74) is 1.75. The van der Waals surface area contributed by atoms with Gasteiger partial charge < -0.3 is 4.74 Å². The number of ether oxygens (including phenoxy) is 1. The van der Waals surface area contributed by atoms with Crippen LogP contribution in [0.3, 0.4) is 0 Å². The molecule has 0 atom stereocenters. The van der Waals surface area contributed by atoms with E-state index < -0.39 is 0 Å². The molecule has 6 heteroatoms. The first kappa shape index (κ1) is 12.4. The zero-order chi connectivity index (χ0) is 13.9. The number of aromatic nitrogens is 3. The van der Waals surface area contributed by atoms with E-state index in [0.29, 0.717) is 17.1 Å². The standard InChI is InChI=1S/C14H10N4OS/c1-19-12-6-3-2-5-11(12)18-14(10(9-15)16-17-18)13-7-4-8-20-13/h2-8H,1H3. The van der Waals surface area contributed by atoms with E-state index in [0.717, 1.165) is 10.6 Å². The van der Waals surface area contributed by atoms with Crippen LogP contribution in [0.4, 0.5) is 0 Å². The molecule has 0 aliphatic heterocycles. The van der Waals surface area contributed by atoms with Crippen molar-refractivity contribution >= 4 is 11.3 Å². The van der Waals surface area contributed by atoms with Crippen molar-refractivity contribution in [3.05, 3.63) is 47.5 Å². The van der Waals surface area contributed by atoms with Gasteiger partial charge in [0, 0.05) is 0 Å². The molecule has 0 saturated carbocycles. The van der Waals surface area contributed by atoms with Gasteiger partial charge in [0.1, 0.15) is 23.2 Å². The molecule has 0 unspecified atom stereocenters. The lowest BCUT2D eigenvalue weighted by molar-refractivity contribution is 0.411. The molecule has 0 saturated heterocycles. The first-order valence-corrected chi connectivity index (χ1v) is 6.76. The maximum absolute atomic E-state index is 9.21. The third-order valence-electron chi connectivity index (χ3n) is 2.84. The SMILES string of the molecule is COc1ccccc1-n1nnc(C#N)c1-c1cccs1. The van der Waals surface area contributed by atoms with Gasteiger partial charge in [0.25, 0.3) is 0 Å². The Morgan fingerprint density at radius 2 is 2.10 bits per heavy atom. The molecule has 3 rings (SSSR count). The van der Waals surface area contributed by atoms with Gasteiger partial charge in [-0.15, -0.1) is 16.4 Å². The number of nitrogens with zero attached hydrogens (tertiary/aromatic N) is 4. The lowest BCUT2D eigenvalue weighted by Crippen LogP contribution is -2.01. The molecule has 0 amide bonds. The van der Waals surface area contributed by atoms with Gasteiger partial charge in [-0.05, 0) is 23.6 Å². The highest BCUT2D eigenvalue weighted by molar-refractivity contribution is 7.13. The normalized spacial score (nSPS) is 10.2. The molecule has 0 fully saturated rings. The lowest BCUT2D eigenvalue weighted by atomic mass is 10.2. The topological polar surface area (TPSA) is 63.7 Å². The summed E-state index contributed by atoms with van der Waals surface area (Å²) < 4.78 is 6.99. The molecule has 2 heterocycles. The summed E-state index contributed by atoms with van der Waals surface area (Å²) in [5.74, 6) is 0.680. The molecule has 0 N–H and O–H groups in total. The minimum Gasteiger partial charge on any atom is -0.494 e. The van der Waals surface area contributed by atoms with E-state index in [-0.39, 0.29) is 0 Å². The Labute approximate surface area is 119 Å². The Morgan fingerprint density at radius 3 is 2.80 bits per heavy atom. The number of hydrogen-bond donors (Lipinski definition) is 0. The van der Waals surface area contributed by atoms with Crippen LogP contribution in [-0.4, -0.2) is 22.1 Å². The van der Waals surface area contributed by atoms with Gasteiger partial charge in [-0.25, -0.2) is 4.68 Å². The number of para-hydroxylation sites is 2. The Bertz CT molecular complexity index is 771. The van der Waals surface area contributed by atoms with Gasteiger partial charge >= 0.3 is 0 Å². The van der Waals surface area contributed by atoms with E-state index in [1.807, 2.05) is 41.8 Å². The fraction of sp³-hybridized carbons (Fsp3) is 0.0714. The molecular formula is C14H10N4OS. The Balaban J connectivity index is 2.26. The molecule has 0 aliphatic carbocycles. The minimum absolute atomic E-state index is 0.304. The highest BCUT2D eigenvalue weighted by Crippen LogP contribution is 2.31. The van der Waals surface area contributed by atoms with Crippen LogP contribution in [0.15, 0.2) is 41.8 Å². The van der Waals surface area contributed by atoms with Crippen LogP contribution in [0, 0.1) is 11.3 Å². The molecule has 1 aromatic carbocycles. The quantitative estimate of drug-likeness (QED) is 0.741. The second-order valence-electron chi connectivity index (χ2n) is 3.96. The zero-order valence-electron chi connectivity index (χ0n) is 10.6. The maximum Gasteiger partial charge on any atom is 0.191 e. The van der Waals surface area contributed by atoms with Crippen molar-refractivity contribution in [2.24, 2.45) is 0 Å². The van der Waals surface area contributed by atoms with Crippen molar-refractivity contribution in [1.29, 1.82) is 5.26 Å². The zero-order valence-corrected chi connectivity index (χ0v) is 11.5. The van der Waals surface area contributed by atoms with Gasteiger partial charge in [0.05, 0.1) is 12.0 Å². The Kier molecular flexibility index (Phi) is 3.19. The van der Waals surface area contributed by atoms with E-state index in [1.54, 1.807) is 11.8 Å². The van der Waals surface area contributed by atoms with E-state index in [2.05, 4.69) is 16.4 Å². The molecule has 98 valence electrons. The number of thiophene rings is 1. The Morgan fingerprint density at radius 1 is 1.25 bits per heavy atom. The average molecular weight is 282 g/mol. The lowest BCUT2D eigenvalue weighted by Gasteiger charge is -2.09. The van der Waals surface area contributed by atoms with Gasteiger partial charge in [-0.1, -0.05) is 23.4 Å². The van der Waals surface area contributed by atoms with Crippen molar-refractivity contribution in [2.45, 2.75) is 0 Å². The summed E-state index contributed by atoms with van der Waals surface area (Å²) in [6, 6.07) is 13.5. The predicted molar refractivity (Wildman–Crippen MR) is 75.9 cm³/mol. The van der Waals surface area contributed by atoms with E-state index in [4.69, 9.17) is 4.74 Å². The van der Waals surface area contributed by atoms with Crippen molar-refractivity contribution < 1.29 is 4.74 Å². The highest BCUT2D eigenvalue weighted by Gasteiger charge is 2.18. The van der Waals surface area contributed by atoms with Crippen LogP contribution >= 0.6 is 11.3 Å². The predicted octanol–water partition coefficient (Wildman–Crippen LogP) is 2.88. The number of hydrogen-bond acceptors (Lipinski definition) is 5. The molecule has 0 radical (unpaired) electrons. The van der Waals surface area contributed by atoms with Gasteiger partial charge in [-0.2, -0.15) is 5.26 Å². The summed E-state index contributed by atoms with van der Waals surface area (Å²) in [6.07, 6.45) is 0. The molecule has 2 aromatic heterocycles. The maximum atomic E-state index is 9.21. The molecule has 0 bridgehead atoms. The number of nitriles is 1. The summed E-state index contributed by atoms with van der Waals surface area (Å²) in [4.78, 5) is 0.942. The number of methoxy groups -OCH3 is 1. The highest BCUT2D eigenvalue weighted by atomic mass is 32.1. The summed E-state index contributed by atoms with van der Waals surface area (Å²) in [7, 11) is 1.60. The van der Waals surface area contributed by atoms with Crippen molar-refractivity contribution in [1.82, 2.24) is 15.0 Å². The van der Waals surface area contributed by atoms with Crippen molar-refractivity contribution in [2.75, 3.05) is 7.11 Å². The Hall–Kier alpha value is -2.65. The number of rotatable bonds is 3. The largest absolute Gasteiger partial charge is 0.494 e. The third-order valence-corrected chi connectivity index (χ3v) is 3.72. The molecule has 0 spiro atoms. The molecule has 0 aliphatic rings. The van der Waals surface area contributed by atoms with Crippen LogP contribution in [0.25, 0.3) is 16.3 Å². The fourth-order valence-corrected chi connectivity index (χ4v) is 2.72. The third kappa shape index (κ3) is 1.94. The van der Waals surface area contributed by atoms with Gasteiger partial charge in [0.2, 0.25) is 0 Å². The summed E-state index contributed by atoms with van der Waals surface area (Å²) >= 11 is 1.54. The molecule has 20 heavy (non-hydrogen) atoms. The van der Waals surface area contributed by atoms with E-state index in [9.17, 15) is 5.26 Å². The van der Waals surface area contributed by atoms with Crippen molar-refractivity contribution in [3.8, 4) is 28.1 Å². The number of benzene rings is 1. The van der Waals surface area contributed by atoms with Crippen LogP contribution in [0.1, 0.15) is 5.69 Å². The van der Waals surface area contributed by atoms with Gasteiger partial charge in [-0.3, -0.25) is 0 Å². The average Bonchev–Trinajstić information content (AvgIpc) is 3.15. The molecule has 5 nitrogen and oxygen atoms in total. The van der Waals surface area contributed by atoms with E-state index >= 15 is 0 Å². The molecule has 3 aromatic rings. The van der Waals surface area contributed by atoms with Crippen LogP contribution < -0.4 is 4.74 Å². The first-order chi connectivity index (χ1) is 9.85. The smallest absolute Gasteiger partial charge is 0.191 e. The van der Waals surface area contributed by atoms with Crippen LogP contribution in [0.2, 0.25) is 0 Å². The van der Waals surface area contributed by atoms with Crippen LogP contribution in [-0.2, 0) is 0 Å². The van der Waals surface area contributed by atoms with Crippen LogP contribution in [0.5, 0.6) is 5.75 Å². The first-order valence-electron chi connectivity index (χ1n) is 5.88. The van der Waals surface area contributed by atoms with Gasteiger partial charge in [0.15, 0.2) is 5.69 Å². The molecular weight excluding hydrogens is 272 g/mol.